The minimum atomic E-state index is -0.976. The Balaban J connectivity index is 2.55. The number of benzene rings is 1. The number of thioether (sulfide) groups is 1. The summed E-state index contributed by atoms with van der Waals surface area (Å²) in [5, 5.41) is 14.5. The number of allylic oxidation sites excluding steroid dienone is 1. The highest BCUT2D eigenvalue weighted by molar-refractivity contribution is 7.99. The number of nitrogens with one attached hydrogen (secondary N) is 1. The van der Waals surface area contributed by atoms with E-state index in [0.717, 1.165) is 0 Å². The molecule has 0 radical (unpaired) electrons. The molecule has 0 aliphatic carbocycles. The first-order chi connectivity index (χ1) is 16.7. The van der Waals surface area contributed by atoms with Crippen LogP contribution in [0.15, 0.2) is 46.8 Å². The zero-order valence-corrected chi connectivity index (χ0v) is 20.8. The second-order valence-corrected chi connectivity index (χ2v) is 8.01. The highest BCUT2D eigenvalue weighted by atomic mass is 32.2. The number of hydrogen-bond acceptors (Lipinski definition) is 11. The predicted molar refractivity (Wildman–Crippen MR) is 127 cm³/mol. The lowest BCUT2D eigenvalue weighted by Crippen LogP contribution is -2.34. The second-order valence-electron chi connectivity index (χ2n) is 7.08. The number of dihydropyridines is 1. The minimum Gasteiger partial charge on any atom is -0.463 e. The standard InChI is InChI=1S/C23H28N2O9S/c1-5-31-21(26)18-14(4)24-17(12-35-13-34-23(28)33-7-3)20(22(27)32-6-2)19(18)15-9-8-10-16(11-15)25(29)30/h8-11,19,24H,5-7,12-13H2,1-4H3. The van der Waals surface area contributed by atoms with Gasteiger partial charge in [-0.3, -0.25) is 10.1 Å². The van der Waals surface area contributed by atoms with Gasteiger partial charge in [0.15, 0.2) is 0 Å². The van der Waals surface area contributed by atoms with Crippen LogP contribution in [0.25, 0.3) is 0 Å². The van der Waals surface area contributed by atoms with Crippen LogP contribution < -0.4 is 5.32 Å². The summed E-state index contributed by atoms with van der Waals surface area (Å²) in [5.74, 6) is -2.18. The molecule has 0 spiro atoms. The molecule has 1 atom stereocenters. The average Bonchev–Trinajstić information content (AvgIpc) is 2.81. The van der Waals surface area contributed by atoms with Gasteiger partial charge in [0.1, 0.15) is 5.94 Å². The van der Waals surface area contributed by atoms with Crippen LogP contribution in [0.2, 0.25) is 0 Å². The second kappa shape index (κ2) is 13.4. The van der Waals surface area contributed by atoms with Crippen molar-refractivity contribution in [1.29, 1.82) is 0 Å². The average molecular weight is 509 g/mol. The highest BCUT2D eigenvalue weighted by Crippen LogP contribution is 2.40. The van der Waals surface area contributed by atoms with Gasteiger partial charge in [-0.05, 0) is 33.3 Å². The number of hydrogen-bond donors (Lipinski definition) is 1. The SMILES string of the molecule is CCOC(=O)OCSCC1=C(C(=O)OCC)C(c2cccc([N+](=O)[O-])c2)C(C(=O)OCC)=C(C)N1. The van der Waals surface area contributed by atoms with E-state index in [1.807, 2.05) is 0 Å². The lowest BCUT2D eigenvalue weighted by atomic mass is 9.80. The molecule has 1 aliphatic rings. The first-order valence-corrected chi connectivity index (χ1v) is 12.1. The van der Waals surface area contributed by atoms with Crippen LogP contribution in [0, 0.1) is 10.1 Å². The van der Waals surface area contributed by atoms with Crippen molar-refractivity contribution < 1.29 is 38.3 Å². The molecule has 0 saturated carbocycles. The lowest BCUT2D eigenvalue weighted by molar-refractivity contribution is -0.384. The lowest BCUT2D eigenvalue weighted by Gasteiger charge is -2.31. The van der Waals surface area contributed by atoms with Gasteiger partial charge in [-0.2, -0.15) is 0 Å². The van der Waals surface area contributed by atoms with Gasteiger partial charge in [0, 0.05) is 29.3 Å². The first kappa shape index (κ1) is 27.7. The van der Waals surface area contributed by atoms with Crippen molar-refractivity contribution in [3.05, 3.63) is 62.5 Å². The number of rotatable bonds is 11. The van der Waals surface area contributed by atoms with Crippen LogP contribution >= 0.6 is 11.8 Å². The Kier molecular flexibility index (Phi) is 10.6. The monoisotopic (exact) mass is 508 g/mol. The molecular formula is C23H28N2O9S. The van der Waals surface area contributed by atoms with E-state index >= 15 is 0 Å². The van der Waals surface area contributed by atoms with Crippen LogP contribution in [-0.4, -0.2) is 54.5 Å². The Morgan fingerprint density at radius 3 is 2.23 bits per heavy atom. The molecule has 2 rings (SSSR count). The molecule has 1 aromatic rings. The van der Waals surface area contributed by atoms with E-state index in [-0.39, 0.29) is 48.3 Å². The Morgan fingerprint density at radius 1 is 1.00 bits per heavy atom. The molecule has 35 heavy (non-hydrogen) atoms. The molecule has 0 aromatic heterocycles. The molecule has 1 aromatic carbocycles. The Labute approximate surface area is 207 Å². The summed E-state index contributed by atoms with van der Waals surface area (Å²) in [6.45, 7) is 6.96. The maximum Gasteiger partial charge on any atom is 0.509 e. The number of carbonyl (C=O) groups excluding carboxylic acids is 3. The molecule has 1 heterocycles. The van der Waals surface area contributed by atoms with E-state index in [4.69, 9.17) is 18.9 Å². The normalized spacial score (nSPS) is 15.3. The summed E-state index contributed by atoms with van der Waals surface area (Å²) >= 11 is 1.18. The predicted octanol–water partition coefficient (Wildman–Crippen LogP) is 3.80. The van der Waals surface area contributed by atoms with E-state index in [1.165, 1.54) is 30.0 Å². The van der Waals surface area contributed by atoms with Crippen molar-refractivity contribution in [3.8, 4) is 0 Å². The zero-order valence-electron chi connectivity index (χ0n) is 20.0. The van der Waals surface area contributed by atoms with Crippen LogP contribution in [0.5, 0.6) is 0 Å². The third-order valence-corrected chi connectivity index (χ3v) is 5.60. The molecular weight excluding hydrogens is 480 g/mol. The fourth-order valence-corrected chi connectivity index (χ4v) is 4.18. The van der Waals surface area contributed by atoms with Gasteiger partial charge in [-0.1, -0.05) is 12.1 Å². The number of ether oxygens (including phenoxy) is 4. The summed E-state index contributed by atoms with van der Waals surface area (Å²) in [7, 11) is 0. The molecule has 12 heteroatoms. The van der Waals surface area contributed by atoms with Gasteiger partial charge in [0.2, 0.25) is 0 Å². The Morgan fingerprint density at radius 2 is 1.63 bits per heavy atom. The van der Waals surface area contributed by atoms with Gasteiger partial charge in [-0.15, -0.1) is 11.8 Å². The molecule has 0 bridgehead atoms. The summed E-state index contributed by atoms with van der Waals surface area (Å²) in [6.07, 6.45) is -0.814. The number of nitrogens with zero attached hydrogens (tertiary/aromatic N) is 1. The zero-order chi connectivity index (χ0) is 26.0. The fraction of sp³-hybridized carbons (Fsp3) is 0.435. The van der Waals surface area contributed by atoms with Gasteiger partial charge in [0.05, 0.1) is 41.8 Å². The van der Waals surface area contributed by atoms with Crippen LogP contribution in [-0.2, 0) is 28.5 Å². The van der Waals surface area contributed by atoms with E-state index in [1.54, 1.807) is 33.8 Å². The topological polar surface area (TPSA) is 143 Å². The van der Waals surface area contributed by atoms with E-state index in [9.17, 15) is 24.5 Å². The Bertz CT molecular complexity index is 1040. The minimum absolute atomic E-state index is 0.0465. The Hall–Kier alpha value is -3.54. The summed E-state index contributed by atoms with van der Waals surface area (Å²) < 4.78 is 20.2. The largest absolute Gasteiger partial charge is 0.509 e. The molecule has 0 amide bonds. The number of nitro groups is 1. The molecule has 1 aliphatic heterocycles. The van der Waals surface area contributed by atoms with Crippen LogP contribution in [0.4, 0.5) is 10.5 Å². The van der Waals surface area contributed by atoms with E-state index in [0.29, 0.717) is 17.0 Å². The third-order valence-electron chi connectivity index (χ3n) is 4.82. The van der Waals surface area contributed by atoms with Crippen molar-refractivity contribution >= 4 is 35.5 Å². The van der Waals surface area contributed by atoms with Gasteiger partial charge < -0.3 is 24.3 Å². The number of non-ortho nitro benzene ring substituents is 1. The van der Waals surface area contributed by atoms with Crippen molar-refractivity contribution in [2.75, 3.05) is 31.5 Å². The van der Waals surface area contributed by atoms with Crippen LogP contribution in [0.1, 0.15) is 39.2 Å². The number of esters is 2. The highest BCUT2D eigenvalue weighted by Gasteiger charge is 2.39. The summed E-state index contributed by atoms with van der Waals surface area (Å²) in [6, 6.07) is 5.72. The quantitative estimate of drug-likeness (QED) is 0.116. The third kappa shape index (κ3) is 7.22. The maximum atomic E-state index is 13.1. The van der Waals surface area contributed by atoms with Crippen molar-refractivity contribution in [2.24, 2.45) is 0 Å². The molecule has 0 saturated heterocycles. The van der Waals surface area contributed by atoms with Crippen LogP contribution in [0.3, 0.4) is 0 Å². The van der Waals surface area contributed by atoms with Gasteiger partial charge in [-0.25, -0.2) is 14.4 Å². The molecule has 0 fully saturated rings. The van der Waals surface area contributed by atoms with Crippen molar-refractivity contribution in [3.63, 3.8) is 0 Å². The first-order valence-electron chi connectivity index (χ1n) is 10.9. The number of nitro benzene ring substituents is 1. The smallest absolute Gasteiger partial charge is 0.463 e. The fourth-order valence-electron chi connectivity index (χ4n) is 3.48. The maximum absolute atomic E-state index is 13.1. The molecule has 11 nitrogen and oxygen atoms in total. The van der Waals surface area contributed by atoms with Gasteiger partial charge in [0.25, 0.3) is 5.69 Å². The molecule has 1 N–H and O–H groups in total. The molecule has 1 unspecified atom stereocenters. The summed E-state index contributed by atoms with van der Waals surface area (Å²) in [4.78, 5) is 48.4. The summed E-state index contributed by atoms with van der Waals surface area (Å²) in [5.41, 5.74) is 1.27. The van der Waals surface area contributed by atoms with E-state index in [2.05, 4.69) is 5.32 Å². The van der Waals surface area contributed by atoms with Crippen molar-refractivity contribution in [1.82, 2.24) is 5.32 Å². The van der Waals surface area contributed by atoms with Gasteiger partial charge >= 0.3 is 18.1 Å². The van der Waals surface area contributed by atoms with Crippen molar-refractivity contribution in [2.45, 2.75) is 33.6 Å². The van der Waals surface area contributed by atoms with E-state index < -0.39 is 28.9 Å². The number of carbonyl (C=O) groups is 3. The molecule has 190 valence electrons.